The Balaban J connectivity index is 2.23. The van der Waals surface area contributed by atoms with E-state index in [9.17, 15) is 8.42 Å². The number of halogens is 1. The number of likely N-dealkylation sites (N-methyl/N-ethyl adjacent to an activating group) is 1. The fourth-order valence-electron chi connectivity index (χ4n) is 3.20. The van der Waals surface area contributed by atoms with Crippen LogP contribution in [0.1, 0.15) is 11.3 Å². The van der Waals surface area contributed by atoms with E-state index in [-0.39, 0.29) is 4.90 Å². The SMILES string of the molecule is COc1ccc2c(c1)c(OCCN(C)C)c(C)n2S(=O)(=O)c1ccc(C)cc1Br. The molecular formula is C21H25BrN2O4S. The third-order valence-electron chi connectivity index (χ3n) is 4.69. The highest BCUT2D eigenvalue weighted by Gasteiger charge is 2.27. The van der Waals surface area contributed by atoms with E-state index in [0.717, 1.165) is 5.56 Å². The van der Waals surface area contributed by atoms with Crippen LogP contribution in [0.5, 0.6) is 11.5 Å². The Morgan fingerprint density at radius 1 is 1.10 bits per heavy atom. The van der Waals surface area contributed by atoms with Crippen molar-refractivity contribution in [2.75, 3.05) is 34.4 Å². The van der Waals surface area contributed by atoms with Crippen LogP contribution in [0.15, 0.2) is 45.8 Å². The molecule has 1 aromatic heterocycles. The normalized spacial score (nSPS) is 12.0. The summed E-state index contributed by atoms with van der Waals surface area (Å²) in [7, 11) is 1.66. The number of aryl methyl sites for hydroxylation is 1. The first kappa shape index (κ1) is 21.7. The molecule has 0 unspecified atom stereocenters. The molecule has 0 spiro atoms. The summed E-state index contributed by atoms with van der Waals surface area (Å²) in [6, 6.07) is 10.5. The minimum Gasteiger partial charge on any atom is -0.497 e. The molecule has 2 aromatic carbocycles. The number of methoxy groups -OCH3 is 1. The van der Waals surface area contributed by atoms with Crippen LogP contribution in [-0.2, 0) is 10.0 Å². The second-order valence-corrected chi connectivity index (χ2v) is 9.76. The highest BCUT2D eigenvalue weighted by molar-refractivity contribution is 9.10. The van der Waals surface area contributed by atoms with Crippen molar-refractivity contribution < 1.29 is 17.9 Å². The molecule has 1 heterocycles. The van der Waals surface area contributed by atoms with E-state index >= 15 is 0 Å². The number of rotatable bonds is 7. The summed E-state index contributed by atoms with van der Waals surface area (Å²) in [4.78, 5) is 2.22. The average Bonchev–Trinajstić information content (AvgIpc) is 2.92. The lowest BCUT2D eigenvalue weighted by atomic mass is 10.2. The van der Waals surface area contributed by atoms with Crippen molar-refractivity contribution in [3.63, 3.8) is 0 Å². The molecule has 3 rings (SSSR count). The van der Waals surface area contributed by atoms with Crippen molar-refractivity contribution in [3.05, 3.63) is 52.1 Å². The van der Waals surface area contributed by atoms with Gasteiger partial charge in [0.15, 0.2) is 0 Å². The zero-order valence-corrected chi connectivity index (χ0v) is 19.6. The Morgan fingerprint density at radius 3 is 2.45 bits per heavy atom. The Labute approximate surface area is 180 Å². The van der Waals surface area contributed by atoms with Crippen molar-refractivity contribution in [3.8, 4) is 11.5 Å². The second kappa shape index (κ2) is 8.38. The van der Waals surface area contributed by atoms with Gasteiger partial charge in [-0.05, 0) is 79.8 Å². The van der Waals surface area contributed by atoms with Gasteiger partial charge in [-0.25, -0.2) is 12.4 Å². The van der Waals surface area contributed by atoms with Gasteiger partial charge in [-0.15, -0.1) is 0 Å². The van der Waals surface area contributed by atoms with E-state index in [1.165, 1.54) is 3.97 Å². The highest BCUT2D eigenvalue weighted by Crippen LogP contribution is 2.38. The summed E-state index contributed by atoms with van der Waals surface area (Å²) in [5, 5.41) is 0.701. The van der Waals surface area contributed by atoms with Gasteiger partial charge in [-0.3, -0.25) is 0 Å². The Kier molecular flexibility index (Phi) is 6.26. The number of hydrogen-bond acceptors (Lipinski definition) is 5. The number of aromatic nitrogens is 1. The number of fused-ring (bicyclic) bond motifs is 1. The molecule has 0 radical (unpaired) electrons. The van der Waals surface area contributed by atoms with E-state index in [4.69, 9.17) is 9.47 Å². The second-order valence-electron chi connectivity index (χ2n) is 7.15. The van der Waals surface area contributed by atoms with Gasteiger partial charge in [0.2, 0.25) is 0 Å². The first-order valence-corrected chi connectivity index (χ1v) is 11.4. The van der Waals surface area contributed by atoms with Gasteiger partial charge in [-0.1, -0.05) is 6.07 Å². The third kappa shape index (κ3) is 4.15. The predicted molar refractivity (Wildman–Crippen MR) is 119 cm³/mol. The molecular weight excluding hydrogens is 456 g/mol. The lowest BCUT2D eigenvalue weighted by molar-refractivity contribution is 0.262. The summed E-state index contributed by atoms with van der Waals surface area (Å²) >= 11 is 3.41. The van der Waals surface area contributed by atoms with Crippen LogP contribution in [0.2, 0.25) is 0 Å². The zero-order valence-electron chi connectivity index (χ0n) is 17.2. The summed E-state index contributed by atoms with van der Waals surface area (Å²) in [6.45, 7) is 4.84. The maximum absolute atomic E-state index is 13.6. The fourth-order valence-corrected chi connectivity index (χ4v) is 5.92. The quantitative estimate of drug-likeness (QED) is 0.506. The Hall–Kier alpha value is -2.03. The molecule has 0 N–H and O–H groups in total. The van der Waals surface area contributed by atoms with Gasteiger partial charge < -0.3 is 14.4 Å². The van der Waals surface area contributed by atoms with Crippen LogP contribution in [0.25, 0.3) is 10.9 Å². The van der Waals surface area contributed by atoms with Gasteiger partial charge in [0.1, 0.15) is 23.0 Å². The number of ether oxygens (including phenoxy) is 2. The number of nitrogens with zero attached hydrogens (tertiary/aromatic N) is 2. The largest absolute Gasteiger partial charge is 0.497 e. The van der Waals surface area contributed by atoms with Gasteiger partial charge >= 0.3 is 0 Å². The van der Waals surface area contributed by atoms with E-state index < -0.39 is 10.0 Å². The van der Waals surface area contributed by atoms with E-state index in [0.29, 0.717) is 45.7 Å². The zero-order chi connectivity index (χ0) is 21.3. The molecule has 0 atom stereocenters. The fraction of sp³-hybridized carbons (Fsp3) is 0.333. The lowest BCUT2D eigenvalue weighted by Crippen LogP contribution is -2.20. The number of hydrogen-bond donors (Lipinski definition) is 0. The molecule has 0 amide bonds. The Morgan fingerprint density at radius 2 is 1.83 bits per heavy atom. The van der Waals surface area contributed by atoms with Crippen LogP contribution in [-0.4, -0.2) is 51.6 Å². The number of benzene rings is 2. The van der Waals surface area contributed by atoms with Gasteiger partial charge in [-0.2, -0.15) is 0 Å². The molecule has 0 aliphatic rings. The third-order valence-corrected chi connectivity index (χ3v) is 7.47. The van der Waals surface area contributed by atoms with Crippen molar-refractivity contribution >= 4 is 36.9 Å². The van der Waals surface area contributed by atoms with Crippen molar-refractivity contribution in [1.29, 1.82) is 0 Å². The molecule has 0 saturated heterocycles. The Bertz CT molecular complexity index is 1150. The summed E-state index contributed by atoms with van der Waals surface area (Å²) in [5.74, 6) is 1.19. The smallest absolute Gasteiger partial charge is 0.269 e. The van der Waals surface area contributed by atoms with Crippen LogP contribution in [0, 0.1) is 13.8 Å². The molecule has 0 fully saturated rings. The topological polar surface area (TPSA) is 60.8 Å². The molecule has 29 heavy (non-hydrogen) atoms. The monoisotopic (exact) mass is 480 g/mol. The van der Waals surface area contributed by atoms with Crippen molar-refractivity contribution in [1.82, 2.24) is 8.87 Å². The van der Waals surface area contributed by atoms with Crippen LogP contribution in [0.4, 0.5) is 0 Å². The van der Waals surface area contributed by atoms with Gasteiger partial charge in [0.25, 0.3) is 10.0 Å². The maximum atomic E-state index is 13.6. The first-order chi connectivity index (χ1) is 13.7. The summed E-state index contributed by atoms with van der Waals surface area (Å²) < 4.78 is 40.4. The lowest BCUT2D eigenvalue weighted by Gasteiger charge is -2.13. The summed E-state index contributed by atoms with van der Waals surface area (Å²) in [6.07, 6.45) is 0. The van der Waals surface area contributed by atoms with Crippen LogP contribution < -0.4 is 9.47 Å². The first-order valence-electron chi connectivity index (χ1n) is 9.15. The molecule has 0 bridgehead atoms. The predicted octanol–water partition coefficient (Wildman–Crippen LogP) is 4.21. The van der Waals surface area contributed by atoms with E-state index in [1.54, 1.807) is 44.4 Å². The average molecular weight is 481 g/mol. The van der Waals surface area contributed by atoms with Crippen molar-refractivity contribution in [2.24, 2.45) is 0 Å². The molecule has 156 valence electrons. The van der Waals surface area contributed by atoms with E-state index in [2.05, 4.69) is 15.9 Å². The minimum absolute atomic E-state index is 0.207. The minimum atomic E-state index is -3.85. The standard InChI is InChI=1S/C21H25BrN2O4S/c1-14-6-9-20(18(22)12-14)29(25,26)24-15(2)21(28-11-10-23(3)4)17-13-16(27-5)7-8-19(17)24/h6-9,12-13H,10-11H2,1-5H3. The summed E-state index contributed by atoms with van der Waals surface area (Å²) in [5.41, 5.74) is 2.05. The van der Waals surface area contributed by atoms with E-state index in [1.807, 2.05) is 32.0 Å². The van der Waals surface area contributed by atoms with Crippen LogP contribution in [0.3, 0.4) is 0 Å². The molecule has 8 heteroatoms. The molecule has 0 aliphatic carbocycles. The van der Waals surface area contributed by atoms with Gasteiger partial charge in [0.05, 0.1) is 18.3 Å². The molecule has 0 aliphatic heterocycles. The van der Waals surface area contributed by atoms with Crippen LogP contribution >= 0.6 is 15.9 Å². The molecule has 3 aromatic rings. The molecule has 0 saturated carbocycles. The van der Waals surface area contributed by atoms with Gasteiger partial charge in [0, 0.05) is 16.4 Å². The van der Waals surface area contributed by atoms with Crippen molar-refractivity contribution in [2.45, 2.75) is 18.7 Å². The highest BCUT2D eigenvalue weighted by atomic mass is 79.9. The maximum Gasteiger partial charge on any atom is 0.269 e. The molecule has 6 nitrogen and oxygen atoms in total.